The minimum atomic E-state index is -1.000. The van der Waals surface area contributed by atoms with E-state index in [4.69, 9.17) is 10.2 Å². The Hall–Kier alpha value is 0.690. The molecule has 0 rings (SSSR count). The van der Waals surface area contributed by atoms with Crippen LogP contribution in [0.2, 0.25) is 0 Å². The molecule has 0 spiro atoms. The Kier molecular flexibility index (Phi) is 15.8. The van der Waals surface area contributed by atoms with Crippen molar-refractivity contribution in [2.75, 3.05) is 0 Å². The number of aliphatic hydroxyl groups is 1. The number of carboxylic acid groups (broad SMARTS) is 1. The summed E-state index contributed by atoms with van der Waals surface area (Å²) in [4.78, 5) is 9.63. The van der Waals surface area contributed by atoms with E-state index in [9.17, 15) is 4.79 Å². The fourth-order valence-corrected chi connectivity index (χ4v) is 0.219. The van der Waals surface area contributed by atoms with Gasteiger partial charge in [-0.1, -0.05) is 6.42 Å². The van der Waals surface area contributed by atoms with Crippen molar-refractivity contribution in [2.45, 2.75) is 13.3 Å². The summed E-state index contributed by atoms with van der Waals surface area (Å²) in [7, 11) is 0. The molecular weight excluding hydrogens is 148 g/mol. The van der Waals surface area contributed by atoms with Crippen LogP contribution in [0.5, 0.6) is 0 Å². The Balaban J connectivity index is -0.000000180. The molecule has 0 aromatic carbocycles. The number of rotatable bonds is 2. The molecule has 0 aliphatic heterocycles. The predicted octanol–water partition coefficient (Wildman–Crippen LogP) is 0.455. The predicted molar refractivity (Wildman–Crippen MR) is 35.3 cm³/mol. The molecular formula is C5H10CaO3. The van der Waals surface area contributed by atoms with Gasteiger partial charge in [-0.3, -0.25) is 4.79 Å². The number of hydrogen-bond acceptors (Lipinski definition) is 2. The molecule has 0 heterocycles. The maximum atomic E-state index is 9.63. The van der Waals surface area contributed by atoms with Gasteiger partial charge < -0.3 is 17.6 Å². The second-order valence-electron chi connectivity index (χ2n) is 1.31. The Bertz CT molecular complexity index is 72.6. The first-order valence-corrected chi connectivity index (χ1v) is 1.86. The summed E-state index contributed by atoms with van der Waals surface area (Å²) >= 11 is 0. The molecule has 0 bridgehead atoms. The number of carboxylic acids is 1. The summed E-state index contributed by atoms with van der Waals surface area (Å²) in [5.74, 6) is -1.000. The van der Waals surface area contributed by atoms with Crippen LogP contribution < -0.4 is 0 Å². The van der Waals surface area contributed by atoms with Gasteiger partial charge >= 0.3 is 37.7 Å². The van der Waals surface area contributed by atoms with Gasteiger partial charge in [-0.2, -0.15) is 13.0 Å². The SMILES string of the molecule is C[C-](O)CC(=O)O.[CH3-].[Ca+2]. The fraction of sp³-hybridized carbons (Fsp3) is 0.400. The Morgan fingerprint density at radius 2 is 2.00 bits per heavy atom. The molecule has 0 saturated heterocycles. The van der Waals surface area contributed by atoms with Crippen molar-refractivity contribution in [3.63, 3.8) is 0 Å². The van der Waals surface area contributed by atoms with Crippen molar-refractivity contribution in [3.8, 4) is 0 Å². The molecule has 0 unspecified atom stereocenters. The molecule has 50 valence electrons. The van der Waals surface area contributed by atoms with Gasteiger partial charge in [-0.05, 0) is 0 Å². The molecule has 0 amide bonds. The summed E-state index contributed by atoms with van der Waals surface area (Å²) in [5, 5.41) is 16.2. The molecule has 0 saturated carbocycles. The minimum absolute atomic E-state index is 0. The molecule has 0 aromatic rings. The van der Waals surface area contributed by atoms with Crippen LogP contribution in [0.15, 0.2) is 0 Å². The monoisotopic (exact) mass is 158 g/mol. The van der Waals surface area contributed by atoms with Crippen molar-refractivity contribution < 1.29 is 15.0 Å². The first kappa shape index (κ1) is 16.3. The third kappa shape index (κ3) is 17.7. The summed E-state index contributed by atoms with van der Waals surface area (Å²) in [5.41, 5.74) is 0. The third-order valence-corrected chi connectivity index (χ3v) is 0.407. The zero-order valence-electron chi connectivity index (χ0n) is 5.72. The van der Waals surface area contributed by atoms with E-state index in [1.807, 2.05) is 0 Å². The van der Waals surface area contributed by atoms with E-state index in [0.717, 1.165) is 0 Å². The maximum absolute atomic E-state index is 9.63. The Morgan fingerprint density at radius 1 is 1.67 bits per heavy atom. The molecule has 9 heavy (non-hydrogen) atoms. The van der Waals surface area contributed by atoms with Gasteiger partial charge in [0, 0.05) is 0 Å². The van der Waals surface area contributed by atoms with E-state index < -0.39 is 5.97 Å². The summed E-state index contributed by atoms with van der Waals surface area (Å²) in [6.07, 6.45) is -0.312. The van der Waals surface area contributed by atoms with E-state index >= 15 is 0 Å². The normalized spacial score (nSPS) is 7.44. The van der Waals surface area contributed by atoms with Crippen LogP contribution in [-0.4, -0.2) is 53.9 Å². The molecule has 0 fully saturated rings. The van der Waals surface area contributed by atoms with Crippen molar-refractivity contribution >= 4 is 43.7 Å². The molecule has 0 atom stereocenters. The second kappa shape index (κ2) is 8.69. The van der Waals surface area contributed by atoms with Gasteiger partial charge in [0.15, 0.2) is 0 Å². The van der Waals surface area contributed by atoms with E-state index in [-0.39, 0.29) is 57.7 Å². The van der Waals surface area contributed by atoms with Crippen molar-refractivity contribution in [2.24, 2.45) is 0 Å². The average molecular weight is 158 g/mol. The van der Waals surface area contributed by atoms with Crippen molar-refractivity contribution in [3.05, 3.63) is 13.5 Å². The first-order valence-electron chi connectivity index (χ1n) is 1.86. The van der Waals surface area contributed by atoms with Crippen molar-refractivity contribution in [1.82, 2.24) is 0 Å². The van der Waals surface area contributed by atoms with Gasteiger partial charge in [0.1, 0.15) is 0 Å². The number of aliphatic carboxylic acids is 1. The summed E-state index contributed by atoms with van der Waals surface area (Å²) < 4.78 is 0. The van der Waals surface area contributed by atoms with Crippen LogP contribution in [-0.2, 0) is 4.79 Å². The van der Waals surface area contributed by atoms with Gasteiger partial charge in [-0.25, -0.2) is 0 Å². The number of carbonyl (C=O) groups is 1. The molecule has 0 radical (unpaired) electrons. The standard InChI is InChI=1S/C4H7O3.CH3.Ca/c1-3(5)2-4(6)7;;/h5H,2H2,1H3,(H,6,7);1H3;/q2*-1;+2. The topological polar surface area (TPSA) is 57.5 Å². The van der Waals surface area contributed by atoms with Gasteiger partial charge in [-0.15, -0.1) is 0 Å². The van der Waals surface area contributed by atoms with Crippen LogP contribution in [0, 0.1) is 13.5 Å². The van der Waals surface area contributed by atoms with Gasteiger partial charge in [0.25, 0.3) is 5.97 Å². The minimum Gasteiger partial charge on any atom is -0.563 e. The smallest absolute Gasteiger partial charge is 0.563 e. The van der Waals surface area contributed by atoms with E-state index in [0.29, 0.717) is 0 Å². The van der Waals surface area contributed by atoms with Crippen molar-refractivity contribution in [1.29, 1.82) is 0 Å². The fourth-order valence-electron chi connectivity index (χ4n) is 0.219. The zero-order valence-corrected chi connectivity index (χ0v) is 7.93. The van der Waals surface area contributed by atoms with Crippen LogP contribution in [0.25, 0.3) is 0 Å². The van der Waals surface area contributed by atoms with Crippen LogP contribution in [0.4, 0.5) is 0 Å². The maximum Gasteiger partial charge on any atom is 2.00 e. The van der Waals surface area contributed by atoms with Gasteiger partial charge in [0.2, 0.25) is 0 Å². The Labute approximate surface area is 85.1 Å². The molecule has 2 N–H and O–H groups in total. The molecule has 0 aromatic heterocycles. The van der Waals surface area contributed by atoms with Crippen LogP contribution in [0.3, 0.4) is 0 Å². The summed E-state index contributed by atoms with van der Waals surface area (Å²) in [6, 6.07) is 0. The number of aliphatic hydroxyl groups excluding tert-OH is 1. The van der Waals surface area contributed by atoms with Crippen LogP contribution >= 0.6 is 0 Å². The van der Waals surface area contributed by atoms with Gasteiger partial charge in [0.05, 0.1) is 0 Å². The second-order valence-corrected chi connectivity index (χ2v) is 1.31. The quantitative estimate of drug-likeness (QED) is 0.453. The van der Waals surface area contributed by atoms with Crippen LogP contribution in [0.1, 0.15) is 13.3 Å². The van der Waals surface area contributed by atoms with E-state index in [1.54, 1.807) is 0 Å². The number of hydrogen-bond donors (Lipinski definition) is 2. The largest absolute Gasteiger partial charge is 2.00 e. The Morgan fingerprint density at radius 3 is 2.00 bits per heavy atom. The van der Waals surface area contributed by atoms with E-state index in [2.05, 4.69) is 0 Å². The molecule has 4 heteroatoms. The zero-order chi connectivity index (χ0) is 5.86. The average Bonchev–Trinajstić information content (AvgIpc) is 1.27. The molecule has 0 aliphatic carbocycles. The molecule has 3 nitrogen and oxygen atoms in total. The third-order valence-electron chi connectivity index (χ3n) is 0.407. The van der Waals surface area contributed by atoms with E-state index in [1.165, 1.54) is 6.92 Å². The molecule has 0 aliphatic rings. The first-order chi connectivity index (χ1) is 3.13. The summed E-state index contributed by atoms with van der Waals surface area (Å²) in [6.45, 7) is 1.36.